The highest BCUT2D eigenvalue weighted by atomic mass is 79.9. The van der Waals surface area contributed by atoms with Crippen LogP contribution >= 0.6 is 15.9 Å². The van der Waals surface area contributed by atoms with E-state index in [-0.39, 0.29) is 29.2 Å². The molecule has 3 aliphatic heterocycles. The summed E-state index contributed by atoms with van der Waals surface area (Å²) in [6.07, 6.45) is 2.99. The van der Waals surface area contributed by atoms with E-state index in [1.54, 1.807) is 4.90 Å². The number of benzene rings is 3. The number of alkyl halides is 1. The highest BCUT2D eigenvalue weighted by molar-refractivity contribution is 9.09. The molecule has 9 heteroatoms. The van der Waals surface area contributed by atoms with Gasteiger partial charge in [0.1, 0.15) is 11.6 Å². The normalized spacial score (nSPS) is 28.2. The second-order valence-electron chi connectivity index (χ2n) is 11.2. The first-order valence-corrected chi connectivity index (χ1v) is 15.2. The maximum atomic E-state index is 14.1. The minimum atomic E-state index is -1.11. The van der Waals surface area contributed by atoms with Gasteiger partial charge in [-0.2, -0.15) is 0 Å². The predicted octanol–water partition coefficient (Wildman–Crippen LogP) is 4.72. The number of hydrogen-bond donors (Lipinski definition) is 3. The van der Waals surface area contributed by atoms with Crippen LogP contribution in [0.2, 0.25) is 0 Å². The van der Waals surface area contributed by atoms with Crippen molar-refractivity contribution in [1.82, 2.24) is 4.90 Å². The largest absolute Gasteiger partial charge is 0.396 e. The molecule has 3 aromatic rings. The van der Waals surface area contributed by atoms with Gasteiger partial charge in [-0.25, -0.2) is 0 Å². The molecule has 2 bridgehead atoms. The number of aliphatic hydroxyl groups is 1. The number of nitrogens with one attached hydrogen (secondary N) is 2. The Balaban J connectivity index is 1.30. The van der Waals surface area contributed by atoms with Crippen molar-refractivity contribution in [2.24, 2.45) is 11.8 Å². The minimum Gasteiger partial charge on any atom is -0.396 e. The zero-order valence-electron chi connectivity index (χ0n) is 22.7. The van der Waals surface area contributed by atoms with Crippen molar-refractivity contribution >= 4 is 55.8 Å². The molecule has 3 fully saturated rings. The van der Waals surface area contributed by atoms with Crippen LogP contribution in [0.15, 0.2) is 72.8 Å². The lowest BCUT2D eigenvalue weighted by Gasteiger charge is -2.34. The number of nitrogens with zero attached hydrogens (tertiary/aromatic N) is 1. The first kappa shape index (κ1) is 27.9. The van der Waals surface area contributed by atoms with E-state index in [4.69, 9.17) is 9.84 Å². The zero-order valence-corrected chi connectivity index (χ0v) is 24.3. The SMILES string of the molecule is O=C(Nc1ccc2ccccc2c1)C1N(CCCCCCO)C(=O)[C@@H]2[C@@H](C(=O)Nc3ccccc3)[C@@H]3OC12CC3Br. The van der Waals surface area contributed by atoms with E-state index in [2.05, 4.69) is 26.6 Å². The van der Waals surface area contributed by atoms with E-state index in [9.17, 15) is 14.4 Å². The highest BCUT2D eigenvalue weighted by Gasteiger charge is 2.76. The van der Waals surface area contributed by atoms with Crippen LogP contribution in [0.4, 0.5) is 11.4 Å². The Labute approximate surface area is 247 Å². The van der Waals surface area contributed by atoms with E-state index in [1.807, 2.05) is 72.8 Å². The van der Waals surface area contributed by atoms with E-state index in [0.717, 1.165) is 23.6 Å². The maximum Gasteiger partial charge on any atom is 0.250 e. The van der Waals surface area contributed by atoms with Crippen molar-refractivity contribution in [3.63, 3.8) is 0 Å². The number of carbonyl (C=O) groups excluding carboxylic acids is 3. The summed E-state index contributed by atoms with van der Waals surface area (Å²) >= 11 is 3.72. The molecule has 214 valence electrons. The van der Waals surface area contributed by atoms with Gasteiger partial charge in [-0.15, -0.1) is 0 Å². The fourth-order valence-electron chi connectivity index (χ4n) is 6.94. The minimum absolute atomic E-state index is 0.130. The summed E-state index contributed by atoms with van der Waals surface area (Å²) in [6, 6.07) is 22.0. The summed E-state index contributed by atoms with van der Waals surface area (Å²) in [5, 5.41) is 17.3. The van der Waals surface area contributed by atoms with Gasteiger partial charge in [0, 0.05) is 29.4 Å². The number of carbonyl (C=O) groups is 3. The van der Waals surface area contributed by atoms with Crippen LogP contribution in [0, 0.1) is 11.8 Å². The predicted molar refractivity (Wildman–Crippen MR) is 161 cm³/mol. The van der Waals surface area contributed by atoms with Crippen molar-refractivity contribution in [2.45, 2.75) is 54.7 Å². The van der Waals surface area contributed by atoms with E-state index in [1.165, 1.54) is 0 Å². The lowest BCUT2D eigenvalue weighted by molar-refractivity contribution is -0.139. The molecule has 3 N–H and O–H groups in total. The molecule has 6 atom stereocenters. The van der Waals surface area contributed by atoms with Crippen molar-refractivity contribution in [3.8, 4) is 0 Å². The number of fused-ring (bicyclic) bond motifs is 2. The number of amides is 3. The molecule has 3 saturated heterocycles. The summed E-state index contributed by atoms with van der Waals surface area (Å²) in [4.78, 5) is 43.4. The van der Waals surface area contributed by atoms with Crippen molar-refractivity contribution in [3.05, 3.63) is 72.8 Å². The summed E-state index contributed by atoms with van der Waals surface area (Å²) in [6.45, 7) is 0.511. The molecule has 0 aliphatic carbocycles. The fraction of sp³-hybridized carbons (Fsp3) is 0.406. The molecule has 3 aliphatic rings. The van der Waals surface area contributed by atoms with Crippen molar-refractivity contribution < 1.29 is 24.2 Å². The fourth-order valence-corrected chi connectivity index (χ4v) is 7.89. The Bertz CT molecular complexity index is 1450. The first-order chi connectivity index (χ1) is 19.9. The molecule has 8 nitrogen and oxygen atoms in total. The molecular formula is C32H34BrN3O5. The van der Waals surface area contributed by atoms with Gasteiger partial charge in [0.25, 0.3) is 0 Å². The van der Waals surface area contributed by atoms with Crippen LogP contribution in [-0.2, 0) is 19.1 Å². The average molecular weight is 621 g/mol. The second-order valence-corrected chi connectivity index (χ2v) is 12.4. The van der Waals surface area contributed by atoms with Crippen molar-refractivity contribution in [1.29, 1.82) is 0 Å². The number of para-hydroxylation sites is 1. The number of halogens is 1. The van der Waals surface area contributed by atoms with E-state index >= 15 is 0 Å². The first-order valence-electron chi connectivity index (χ1n) is 14.3. The maximum absolute atomic E-state index is 14.1. The van der Waals surface area contributed by atoms with Crippen LogP contribution in [0.5, 0.6) is 0 Å². The standard InChI is InChI=1S/C32H34BrN3O5/c33-24-19-32-26(25(27(24)41-32)29(38)34-22-12-4-3-5-13-22)31(40)36(16-8-1-2-9-17-37)28(32)30(39)35-23-15-14-20-10-6-7-11-21(20)18-23/h3-7,10-15,18,24-28,37H,1-2,8-9,16-17,19H2,(H,34,38)(H,35,39)/t24?,25-,26+,27-,28?,32?/m1/s1. The monoisotopic (exact) mass is 619 g/mol. The Morgan fingerprint density at radius 2 is 1.61 bits per heavy atom. The van der Waals surface area contributed by atoms with Gasteiger partial charge in [0.15, 0.2) is 0 Å². The molecule has 6 rings (SSSR count). The Morgan fingerprint density at radius 1 is 0.902 bits per heavy atom. The molecule has 3 unspecified atom stereocenters. The lowest BCUT2D eigenvalue weighted by Crippen LogP contribution is -2.54. The quantitative estimate of drug-likeness (QED) is 0.225. The number of unbranched alkanes of at least 4 members (excludes halogenated alkanes) is 3. The van der Waals surface area contributed by atoms with Crippen LogP contribution in [-0.4, -0.2) is 63.5 Å². The molecule has 3 amide bonds. The van der Waals surface area contributed by atoms with Crippen LogP contribution in [0.25, 0.3) is 10.8 Å². The van der Waals surface area contributed by atoms with Gasteiger partial charge in [0.05, 0.1) is 17.9 Å². The topological polar surface area (TPSA) is 108 Å². The Morgan fingerprint density at radius 3 is 2.39 bits per heavy atom. The van der Waals surface area contributed by atoms with Crippen LogP contribution in [0.1, 0.15) is 32.1 Å². The lowest BCUT2D eigenvalue weighted by atomic mass is 9.70. The average Bonchev–Trinajstić information content (AvgIpc) is 3.56. The van der Waals surface area contributed by atoms with Crippen LogP contribution in [0.3, 0.4) is 0 Å². The third-order valence-corrected chi connectivity index (χ3v) is 9.55. The molecule has 0 saturated carbocycles. The summed E-state index contributed by atoms with van der Waals surface area (Å²) in [5.41, 5.74) is 0.183. The number of aliphatic hydroxyl groups excluding tert-OH is 1. The van der Waals surface area contributed by atoms with Gasteiger partial charge < -0.3 is 25.4 Å². The molecule has 0 aromatic heterocycles. The molecule has 0 radical (unpaired) electrons. The number of ether oxygens (including phenoxy) is 1. The summed E-state index contributed by atoms with van der Waals surface area (Å²) in [5.74, 6) is -2.27. The van der Waals surface area contributed by atoms with Gasteiger partial charge >= 0.3 is 0 Å². The summed E-state index contributed by atoms with van der Waals surface area (Å²) < 4.78 is 6.59. The molecular weight excluding hydrogens is 586 g/mol. The van der Waals surface area contributed by atoms with Crippen molar-refractivity contribution in [2.75, 3.05) is 23.8 Å². The third kappa shape index (κ3) is 5.04. The zero-order chi connectivity index (χ0) is 28.6. The van der Waals surface area contributed by atoms with Gasteiger partial charge in [-0.05, 0) is 54.3 Å². The van der Waals surface area contributed by atoms with E-state index < -0.39 is 29.6 Å². The van der Waals surface area contributed by atoms with Crippen LogP contribution < -0.4 is 10.6 Å². The van der Waals surface area contributed by atoms with Gasteiger partial charge in [0.2, 0.25) is 17.7 Å². The number of likely N-dealkylation sites (tertiary alicyclic amines) is 1. The highest BCUT2D eigenvalue weighted by Crippen LogP contribution is 2.60. The van der Waals surface area contributed by atoms with Gasteiger partial charge in [-0.3, -0.25) is 14.4 Å². The third-order valence-electron chi connectivity index (χ3n) is 8.71. The number of anilines is 2. The molecule has 3 aromatic carbocycles. The molecule has 41 heavy (non-hydrogen) atoms. The molecule has 3 heterocycles. The second kappa shape index (κ2) is 11.5. The summed E-state index contributed by atoms with van der Waals surface area (Å²) in [7, 11) is 0. The smallest absolute Gasteiger partial charge is 0.250 e. The number of rotatable bonds is 10. The molecule has 1 spiro atoms. The Hall–Kier alpha value is -3.27. The number of hydrogen-bond acceptors (Lipinski definition) is 5. The van der Waals surface area contributed by atoms with E-state index in [0.29, 0.717) is 37.2 Å². The van der Waals surface area contributed by atoms with Gasteiger partial charge in [-0.1, -0.05) is 77.3 Å². The Kier molecular flexibility index (Phi) is 7.85.